The van der Waals surface area contributed by atoms with Crippen molar-refractivity contribution in [2.45, 2.75) is 39.0 Å². The van der Waals surface area contributed by atoms with E-state index in [0.717, 1.165) is 12.0 Å². The predicted molar refractivity (Wildman–Crippen MR) is 127 cm³/mol. The standard InChI is InChI=1S/C27H26N2O6/c1-2-5-12-9-15(17-6-3-4-7-29-17)16-10-13-8-14-11-18(30)22(27(28)35)26(34)20(14)24(32)19(13)25(33)21(16)23(12)31/h3-4,6-7,9,13-14,20,31,33-34H,2,5,8,10-11H2,1H3,(H2,28,35). The lowest BCUT2D eigenvalue weighted by molar-refractivity contribution is -0.127. The van der Waals surface area contributed by atoms with Gasteiger partial charge in [-0.3, -0.25) is 19.4 Å². The first-order valence-electron chi connectivity index (χ1n) is 11.8. The molecule has 5 rings (SSSR count). The van der Waals surface area contributed by atoms with Crippen molar-refractivity contribution < 1.29 is 29.7 Å². The molecular weight excluding hydrogens is 448 g/mol. The Kier molecular flexibility index (Phi) is 5.46. The fourth-order valence-corrected chi connectivity index (χ4v) is 5.97. The first kappa shape index (κ1) is 22.8. The topological polar surface area (TPSA) is 151 Å². The molecule has 0 spiro atoms. The number of aryl methyl sites for hydroxylation is 1. The molecule has 0 aliphatic heterocycles. The molecule has 1 saturated carbocycles. The molecule has 1 amide bonds. The number of ketones is 2. The van der Waals surface area contributed by atoms with Gasteiger partial charge in [0.05, 0.1) is 17.2 Å². The predicted octanol–water partition coefficient (Wildman–Crippen LogP) is 3.32. The van der Waals surface area contributed by atoms with Crippen LogP contribution in [0.4, 0.5) is 0 Å². The number of aromatic hydroxyl groups is 1. The number of aliphatic hydroxyl groups is 2. The normalized spacial score (nSPS) is 23.6. The Morgan fingerprint density at radius 2 is 1.94 bits per heavy atom. The van der Waals surface area contributed by atoms with Crippen LogP contribution in [0.3, 0.4) is 0 Å². The molecule has 0 saturated heterocycles. The van der Waals surface area contributed by atoms with Gasteiger partial charge in [0.1, 0.15) is 22.8 Å². The lowest BCUT2D eigenvalue weighted by atomic mass is 9.61. The smallest absolute Gasteiger partial charge is 0.255 e. The average molecular weight is 475 g/mol. The summed E-state index contributed by atoms with van der Waals surface area (Å²) in [6.45, 7) is 1.98. The molecule has 2 aromatic rings. The Hall–Kier alpha value is -3.94. The number of nitrogens with zero attached hydrogens (tertiary/aromatic N) is 1. The van der Waals surface area contributed by atoms with Crippen molar-refractivity contribution >= 4 is 23.2 Å². The van der Waals surface area contributed by atoms with Gasteiger partial charge in [0, 0.05) is 23.8 Å². The second-order valence-corrected chi connectivity index (χ2v) is 9.50. The van der Waals surface area contributed by atoms with Crippen LogP contribution in [0.1, 0.15) is 42.9 Å². The second kappa shape index (κ2) is 8.37. The minimum Gasteiger partial charge on any atom is -0.511 e. The van der Waals surface area contributed by atoms with E-state index in [1.165, 1.54) is 0 Å². The van der Waals surface area contributed by atoms with Gasteiger partial charge in [-0.25, -0.2) is 0 Å². The number of carbonyl (C=O) groups is 3. The molecule has 5 N–H and O–H groups in total. The minimum atomic E-state index is -1.12. The Balaban J connectivity index is 1.72. The molecule has 180 valence electrons. The van der Waals surface area contributed by atoms with Crippen molar-refractivity contribution in [3.63, 3.8) is 0 Å². The quantitative estimate of drug-likeness (QED) is 0.496. The van der Waals surface area contributed by atoms with E-state index in [2.05, 4.69) is 4.98 Å². The fraction of sp³-hybridized carbons (Fsp3) is 0.333. The number of phenolic OH excluding ortho intramolecular Hbond substituents is 1. The van der Waals surface area contributed by atoms with E-state index in [4.69, 9.17) is 5.73 Å². The molecule has 1 aromatic carbocycles. The molecule has 8 nitrogen and oxygen atoms in total. The van der Waals surface area contributed by atoms with Crippen molar-refractivity contribution in [2.24, 2.45) is 23.5 Å². The zero-order chi connectivity index (χ0) is 25.0. The van der Waals surface area contributed by atoms with Gasteiger partial charge in [-0.1, -0.05) is 19.4 Å². The van der Waals surface area contributed by atoms with E-state index in [-0.39, 0.29) is 29.1 Å². The van der Waals surface area contributed by atoms with Crippen LogP contribution in [0.15, 0.2) is 47.4 Å². The van der Waals surface area contributed by atoms with Crippen LogP contribution in [0.25, 0.3) is 17.0 Å². The van der Waals surface area contributed by atoms with Gasteiger partial charge in [0.25, 0.3) is 5.91 Å². The first-order valence-corrected chi connectivity index (χ1v) is 11.8. The van der Waals surface area contributed by atoms with Crippen molar-refractivity contribution in [3.8, 4) is 17.0 Å². The molecule has 0 bridgehead atoms. The van der Waals surface area contributed by atoms with Crippen LogP contribution in [0.2, 0.25) is 0 Å². The van der Waals surface area contributed by atoms with Crippen molar-refractivity contribution in [2.75, 3.05) is 0 Å². The number of phenols is 1. The summed E-state index contributed by atoms with van der Waals surface area (Å²) in [4.78, 5) is 42.3. The summed E-state index contributed by atoms with van der Waals surface area (Å²) in [5.41, 5.74) is 7.86. The van der Waals surface area contributed by atoms with Gasteiger partial charge in [0.2, 0.25) is 0 Å². The largest absolute Gasteiger partial charge is 0.511 e. The van der Waals surface area contributed by atoms with E-state index < -0.39 is 46.6 Å². The Labute approximate surface area is 201 Å². The summed E-state index contributed by atoms with van der Waals surface area (Å²) >= 11 is 0. The zero-order valence-electron chi connectivity index (χ0n) is 19.2. The molecule has 3 unspecified atom stereocenters. The van der Waals surface area contributed by atoms with E-state index in [9.17, 15) is 29.7 Å². The number of benzene rings is 1. The molecule has 1 heterocycles. The van der Waals surface area contributed by atoms with Crippen molar-refractivity contribution in [1.82, 2.24) is 4.98 Å². The number of rotatable bonds is 4. The number of pyridine rings is 1. The summed E-state index contributed by atoms with van der Waals surface area (Å²) in [6.07, 6.45) is 3.64. The molecule has 1 aromatic heterocycles. The fourth-order valence-electron chi connectivity index (χ4n) is 5.97. The number of carbonyl (C=O) groups excluding carboxylic acids is 3. The summed E-state index contributed by atoms with van der Waals surface area (Å²) in [5, 5.41) is 33.2. The molecule has 3 aliphatic rings. The third-order valence-corrected chi connectivity index (χ3v) is 7.43. The van der Waals surface area contributed by atoms with Gasteiger partial charge in [-0.2, -0.15) is 0 Å². The number of hydrogen-bond acceptors (Lipinski definition) is 7. The number of primary amides is 1. The molecule has 3 aliphatic carbocycles. The van der Waals surface area contributed by atoms with Gasteiger partial charge >= 0.3 is 0 Å². The molecule has 0 radical (unpaired) electrons. The second-order valence-electron chi connectivity index (χ2n) is 9.50. The maximum absolute atomic E-state index is 13.6. The van der Waals surface area contributed by atoms with E-state index in [1.807, 2.05) is 25.1 Å². The number of fused-ring (bicyclic) bond motifs is 3. The van der Waals surface area contributed by atoms with E-state index >= 15 is 0 Å². The summed E-state index contributed by atoms with van der Waals surface area (Å²) in [7, 11) is 0. The third kappa shape index (κ3) is 3.43. The Morgan fingerprint density at radius 1 is 1.17 bits per heavy atom. The number of amides is 1. The van der Waals surface area contributed by atoms with E-state index in [0.29, 0.717) is 36.1 Å². The number of nitrogens with two attached hydrogens (primary N) is 1. The van der Waals surface area contributed by atoms with Crippen LogP contribution >= 0.6 is 0 Å². The molecule has 3 atom stereocenters. The summed E-state index contributed by atoms with van der Waals surface area (Å²) in [5.74, 6) is -5.25. The Morgan fingerprint density at radius 3 is 2.60 bits per heavy atom. The Bertz CT molecular complexity index is 1340. The number of allylic oxidation sites excluding steroid dienone is 2. The number of hydrogen-bond donors (Lipinski definition) is 4. The van der Waals surface area contributed by atoms with E-state index in [1.54, 1.807) is 12.3 Å². The maximum Gasteiger partial charge on any atom is 0.255 e. The zero-order valence-corrected chi connectivity index (χ0v) is 19.2. The highest BCUT2D eigenvalue weighted by Gasteiger charge is 2.51. The van der Waals surface area contributed by atoms with Crippen LogP contribution in [0.5, 0.6) is 5.75 Å². The van der Waals surface area contributed by atoms with Crippen LogP contribution in [-0.2, 0) is 27.2 Å². The maximum atomic E-state index is 13.6. The number of aliphatic hydroxyl groups excluding tert-OH is 2. The number of Topliss-reactive ketones (excluding diaryl/α,β-unsaturated/α-hetero) is 2. The van der Waals surface area contributed by atoms with Gasteiger partial charge in [-0.05, 0) is 60.4 Å². The highest BCUT2D eigenvalue weighted by atomic mass is 16.3. The SMILES string of the molecule is CCCc1cc(-c2ccccn2)c2c(c1O)C(O)=C1C(=O)C3C(O)=C(C(N)=O)C(=O)CC3CC1C2. The monoisotopic (exact) mass is 474 g/mol. The molecule has 8 heteroatoms. The average Bonchev–Trinajstić information content (AvgIpc) is 2.80. The lowest BCUT2D eigenvalue weighted by Gasteiger charge is -2.41. The minimum absolute atomic E-state index is 0.0729. The summed E-state index contributed by atoms with van der Waals surface area (Å²) in [6, 6.07) is 7.41. The highest BCUT2D eigenvalue weighted by Crippen LogP contribution is 2.52. The molecular formula is C27H26N2O6. The van der Waals surface area contributed by atoms with Crippen LogP contribution in [0, 0.1) is 17.8 Å². The lowest BCUT2D eigenvalue weighted by Crippen LogP contribution is -2.44. The number of aromatic nitrogens is 1. The third-order valence-electron chi connectivity index (χ3n) is 7.43. The van der Waals surface area contributed by atoms with Crippen molar-refractivity contribution in [3.05, 3.63) is 64.1 Å². The van der Waals surface area contributed by atoms with Gasteiger partial charge in [0.15, 0.2) is 11.6 Å². The van der Waals surface area contributed by atoms with Crippen LogP contribution < -0.4 is 5.73 Å². The van der Waals surface area contributed by atoms with Gasteiger partial charge < -0.3 is 21.1 Å². The van der Waals surface area contributed by atoms with Crippen LogP contribution in [-0.4, -0.2) is 37.8 Å². The first-order chi connectivity index (χ1) is 16.7. The van der Waals surface area contributed by atoms with Crippen molar-refractivity contribution in [1.29, 1.82) is 0 Å². The molecule has 1 fully saturated rings. The highest BCUT2D eigenvalue weighted by molar-refractivity contribution is 6.21. The summed E-state index contributed by atoms with van der Waals surface area (Å²) < 4.78 is 0. The molecule has 35 heavy (non-hydrogen) atoms. The van der Waals surface area contributed by atoms with Gasteiger partial charge in [-0.15, -0.1) is 0 Å².